The number of primary amides is 1. The van der Waals surface area contributed by atoms with Crippen LogP contribution < -0.4 is 22.3 Å². The standard InChI is InChI=1S/C14H21N5O/c15-13(20)10-6-8-12(9-7-10)18-14(19-16)17-11-4-2-1-3-5-11/h6-9,11H,1-5,16H2,(H2,15,20)(H2,17,18,19). The summed E-state index contributed by atoms with van der Waals surface area (Å²) >= 11 is 0. The number of anilines is 1. The van der Waals surface area contributed by atoms with Crippen molar-refractivity contribution in [2.24, 2.45) is 16.6 Å². The maximum Gasteiger partial charge on any atom is 0.248 e. The van der Waals surface area contributed by atoms with Crippen LogP contribution in [-0.4, -0.2) is 17.9 Å². The lowest BCUT2D eigenvalue weighted by molar-refractivity contribution is 0.100. The van der Waals surface area contributed by atoms with Gasteiger partial charge in [0.2, 0.25) is 11.9 Å². The lowest BCUT2D eigenvalue weighted by Crippen LogP contribution is -2.37. The minimum absolute atomic E-state index is 0.326. The van der Waals surface area contributed by atoms with Crippen molar-refractivity contribution < 1.29 is 4.79 Å². The Hall–Kier alpha value is -2.08. The van der Waals surface area contributed by atoms with Gasteiger partial charge >= 0.3 is 0 Å². The van der Waals surface area contributed by atoms with E-state index in [1.54, 1.807) is 24.3 Å². The van der Waals surface area contributed by atoms with Crippen LogP contribution in [0.3, 0.4) is 0 Å². The Morgan fingerprint density at radius 2 is 1.80 bits per heavy atom. The summed E-state index contributed by atoms with van der Waals surface area (Å²) in [5.41, 5.74) is 9.06. The van der Waals surface area contributed by atoms with Gasteiger partial charge in [-0.1, -0.05) is 19.3 Å². The predicted octanol–water partition coefficient (Wildman–Crippen LogP) is 1.35. The Morgan fingerprint density at radius 3 is 2.35 bits per heavy atom. The number of carbonyl (C=O) groups excluding carboxylic acids is 1. The third kappa shape index (κ3) is 3.96. The molecule has 1 amide bonds. The molecule has 6 nitrogen and oxygen atoms in total. The molecule has 0 saturated heterocycles. The Balaban J connectivity index is 2.01. The van der Waals surface area contributed by atoms with Gasteiger partial charge in [-0.3, -0.25) is 10.2 Å². The van der Waals surface area contributed by atoms with Crippen molar-refractivity contribution in [3.63, 3.8) is 0 Å². The molecule has 2 rings (SSSR count). The minimum Gasteiger partial charge on any atom is -0.366 e. The van der Waals surface area contributed by atoms with Crippen LogP contribution in [0, 0.1) is 0 Å². The molecule has 0 heterocycles. The quantitative estimate of drug-likeness (QED) is 0.289. The first-order valence-corrected chi connectivity index (χ1v) is 6.90. The van der Waals surface area contributed by atoms with E-state index in [4.69, 9.17) is 11.6 Å². The zero-order chi connectivity index (χ0) is 14.4. The SMILES string of the molecule is NNC(=NC1CCCCC1)Nc1ccc(C(N)=O)cc1. The summed E-state index contributed by atoms with van der Waals surface area (Å²) in [5.74, 6) is 5.60. The van der Waals surface area contributed by atoms with Gasteiger partial charge in [-0.25, -0.2) is 10.8 Å². The Kier molecular flexibility index (Phi) is 4.95. The summed E-state index contributed by atoms with van der Waals surface area (Å²) < 4.78 is 0. The van der Waals surface area contributed by atoms with Gasteiger partial charge in [0.1, 0.15) is 0 Å². The number of hydrogen-bond donors (Lipinski definition) is 4. The molecule has 6 N–H and O–H groups in total. The van der Waals surface area contributed by atoms with Crippen LogP contribution in [0.4, 0.5) is 5.69 Å². The highest BCUT2D eigenvalue weighted by Gasteiger charge is 2.13. The summed E-state index contributed by atoms with van der Waals surface area (Å²) in [7, 11) is 0. The normalized spacial score (nSPS) is 16.8. The van der Waals surface area contributed by atoms with E-state index in [9.17, 15) is 4.79 Å². The number of guanidine groups is 1. The Labute approximate surface area is 118 Å². The molecular formula is C14H21N5O. The molecule has 6 heteroatoms. The van der Waals surface area contributed by atoms with Gasteiger partial charge in [0.05, 0.1) is 6.04 Å². The lowest BCUT2D eigenvalue weighted by Gasteiger charge is -2.19. The first-order valence-electron chi connectivity index (χ1n) is 6.90. The van der Waals surface area contributed by atoms with Crippen molar-refractivity contribution in [2.75, 3.05) is 5.32 Å². The molecule has 0 spiro atoms. The van der Waals surface area contributed by atoms with E-state index in [-0.39, 0.29) is 0 Å². The van der Waals surface area contributed by atoms with Crippen molar-refractivity contribution in [3.05, 3.63) is 29.8 Å². The first kappa shape index (κ1) is 14.3. The second kappa shape index (κ2) is 6.91. The molecule has 1 aromatic rings. The fourth-order valence-electron chi connectivity index (χ4n) is 2.35. The molecule has 108 valence electrons. The molecule has 20 heavy (non-hydrogen) atoms. The van der Waals surface area contributed by atoms with Crippen LogP contribution in [0.5, 0.6) is 0 Å². The minimum atomic E-state index is -0.440. The Bertz CT molecular complexity index is 477. The topological polar surface area (TPSA) is 106 Å². The molecule has 1 aliphatic rings. The number of amides is 1. The largest absolute Gasteiger partial charge is 0.366 e. The molecule has 1 fully saturated rings. The second-order valence-electron chi connectivity index (χ2n) is 4.98. The molecule has 0 aromatic heterocycles. The number of carbonyl (C=O) groups is 1. The highest BCUT2D eigenvalue weighted by Crippen LogP contribution is 2.20. The van der Waals surface area contributed by atoms with Gasteiger partial charge in [0.15, 0.2) is 0 Å². The molecule has 0 aliphatic heterocycles. The fourth-order valence-corrected chi connectivity index (χ4v) is 2.35. The molecular weight excluding hydrogens is 254 g/mol. The number of hydrogen-bond acceptors (Lipinski definition) is 3. The molecule has 0 unspecified atom stereocenters. The van der Waals surface area contributed by atoms with E-state index in [1.165, 1.54) is 19.3 Å². The smallest absolute Gasteiger partial charge is 0.248 e. The average molecular weight is 275 g/mol. The van der Waals surface area contributed by atoms with E-state index >= 15 is 0 Å². The van der Waals surface area contributed by atoms with E-state index in [0.29, 0.717) is 17.6 Å². The van der Waals surface area contributed by atoms with Crippen molar-refractivity contribution in [1.82, 2.24) is 5.43 Å². The zero-order valence-electron chi connectivity index (χ0n) is 11.4. The van der Waals surface area contributed by atoms with Gasteiger partial charge in [0.25, 0.3) is 0 Å². The summed E-state index contributed by atoms with van der Waals surface area (Å²) in [6.45, 7) is 0. The molecule has 0 radical (unpaired) electrons. The van der Waals surface area contributed by atoms with Gasteiger partial charge in [-0.05, 0) is 37.1 Å². The van der Waals surface area contributed by atoms with Gasteiger partial charge in [-0.2, -0.15) is 0 Å². The molecule has 1 aliphatic carbocycles. The van der Waals surface area contributed by atoms with Crippen molar-refractivity contribution in [1.29, 1.82) is 0 Å². The van der Waals surface area contributed by atoms with Gasteiger partial charge < -0.3 is 11.1 Å². The van der Waals surface area contributed by atoms with E-state index in [1.807, 2.05) is 0 Å². The third-order valence-electron chi connectivity index (χ3n) is 3.46. The zero-order valence-corrected chi connectivity index (χ0v) is 11.4. The molecule has 0 atom stereocenters. The number of aliphatic imine (C=N–C) groups is 1. The van der Waals surface area contributed by atoms with Crippen LogP contribution in [0.25, 0.3) is 0 Å². The molecule has 0 bridgehead atoms. The second-order valence-corrected chi connectivity index (χ2v) is 4.98. The van der Waals surface area contributed by atoms with Crippen molar-refractivity contribution in [3.8, 4) is 0 Å². The highest BCUT2D eigenvalue weighted by molar-refractivity contribution is 5.95. The highest BCUT2D eigenvalue weighted by atomic mass is 16.1. The van der Waals surface area contributed by atoms with Crippen molar-refractivity contribution in [2.45, 2.75) is 38.1 Å². The van der Waals surface area contributed by atoms with Crippen LogP contribution in [-0.2, 0) is 0 Å². The lowest BCUT2D eigenvalue weighted by atomic mass is 9.96. The van der Waals surface area contributed by atoms with E-state index in [0.717, 1.165) is 18.5 Å². The Morgan fingerprint density at radius 1 is 1.15 bits per heavy atom. The number of nitrogens with one attached hydrogen (secondary N) is 2. The van der Waals surface area contributed by atoms with Crippen LogP contribution in [0.2, 0.25) is 0 Å². The molecule has 1 saturated carbocycles. The monoisotopic (exact) mass is 275 g/mol. The van der Waals surface area contributed by atoms with Crippen LogP contribution in [0.1, 0.15) is 42.5 Å². The average Bonchev–Trinajstić information content (AvgIpc) is 2.48. The summed E-state index contributed by atoms with van der Waals surface area (Å²) in [5, 5.41) is 3.10. The summed E-state index contributed by atoms with van der Waals surface area (Å²) in [6.07, 6.45) is 5.94. The first-order chi connectivity index (χ1) is 9.69. The fraction of sp³-hybridized carbons (Fsp3) is 0.429. The van der Waals surface area contributed by atoms with Gasteiger partial charge in [-0.15, -0.1) is 0 Å². The number of nitrogens with two attached hydrogens (primary N) is 2. The molecule has 1 aromatic carbocycles. The number of rotatable bonds is 3. The van der Waals surface area contributed by atoms with E-state index < -0.39 is 5.91 Å². The number of benzene rings is 1. The number of hydrazine groups is 1. The third-order valence-corrected chi connectivity index (χ3v) is 3.46. The van der Waals surface area contributed by atoms with Crippen LogP contribution >= 0.6 is 0 Å². The summed E-state index contributed by atoms with van der Waals surface area (Å²) in [4.78, 5) is 15.6. The van der Waals surface area contributed by atoms with Crippen LogP contribution in [0.15, 0.2) is 29.3 Å². The predicted molar refractivity (Wildman–Crippen MR) is 80.2 cm³/mol. The van der Waals surface area contributed by atoms with Crippen molar-refractivity contribution >= 4 is 17.6 Å². The maximum absolute atomic E-state index is 11.0. The van der Waals surface area contributed by atoms with E-state index in [2.05, 4.69) is 15.7 Å². The maximum atomic E-state index is 11.0. The summed E-state index contributed by atoms with van der Waals surface area (Å²) in [6, 6.07) is 7.20. The van der Waals surface area contributed by atoms with Gasteiger partial charge in [0, 0.05) is 11.3 Å². The number of nitrogens with zero attached hydrogens (tertiary/aromatic N) is 1.